The Morgan fingerprint density at radius 1 is 0.903 bits per heavy atom. The highest BCUT2D eigenvalue weighted by atomic mass is 16.5. The molecule has 162 valence electrons. The molecule has 0 radical (unpaired) electrons. The molecular weight excluding hydrogens is 380 g/mol. The fraction of sp³-hybridized carbons (Fsp3) is 0.357. The van der Waals surface area contributed by atoms with Gasteiger partial charge < -0.3 is 15.4 Å². The molecule has 0 aromatic heterocycles. The number of hydrogen-bond donors (Lipinski definition) is 2. The van der Waals surface area contributed by atoms with Crippen LogP contribution in [0, 0.1) is 0 Å². The molecular formula is C28H34N2O. The van der Waals surface area contributed by atoms with E-state index in [9.17, 15) is 0 Å². The van der Waals surface area contributed by atoms with Crippen molar-refractivity contribution in [3.05, 3.63) is 101 Å². The van der Waals surface area contributed by atoms with Crippen LogP contribution in [0.4, 0.5) is 0 Å². The molecule has 0 saturated carbocycles. The summed E-state index contributed by atoms with van der Waals surface area (Å²) >= 11 is 0. The van der Waals surface area contributed by atoms with Gasteiger partial charge in [-0.05, 0) is 41.6 Å². The van der Waals surface area contributed by atoms with Crippen molar-refractivity contribution >= 4 is 0 Å². The quantitative estimate of drug-likeness (QED) is 0.513. The Labute approximate surface area is 186 Å². The first-order valence-corrected chi connectivity index (χ1v) is 11.4. The second-order valence-corrected chi connectivity index (χ2v) is 8.78. The number of rotatable bonds is 8. The van der Waals surface area contributed by atoms with Gasteiger partial charge in [0, 0.05) is 30.1 Å². The van der Waals surface area contributed by atoms with Crippen LogP contribution in [-0.4, -0.2) is 25.7 Å². The molecule has 2 atom stereocenters. The molecule has 1 saturated heterocycles. The van der Waals surface area contributed by atoms with E-state index in [0.29, 0.717) is 23.9 Å². The van der Waals surface area contributed by atoms with Crippen molar-refractivity contribution in [1.82, 2.24) is 10.6 Å². The van der Waals surface area contributed by atoms with Gasteiger partial charge in [-0.15, -0.1) is 0 Å². The number of benzene rings is 3. The monoisotopic (exact) mass is 414 g/mol. The van der Waals surface area contributed by atoms with Gasteiger partial charge in [0.15, 0.2) is 0 Å². The Hall–Kier alpha value is -2.62. The van der Waals surface area contributed by atoms with Gasteiger partial charge in [0.25, 0.3) is 0 Å². The SMILES string of the molecule is COc1ccc(C(C)C)cc1CN[C@@H]1CCN[C@@H]1C(c1ccccc1)c1ccccc1. The van der Waals surface area contributed by atoms with Crippen molar-refractivity contribution in [2.45, 2.75) is 50.7 Å². The van der Waals surface area contributed by atoms with Crippen molar-refractivity contribution in [1.29, 1.82) is 0 Å². The lowest BCUT2D eigenvalue weighted by Crippen LogP contribution is -2.44. The summed E-state index contributed by atoms with van der Waals surface area (Å²) in [6, 6.07) is 29.1. The van der Waals surface area contributed by atoms with Gasteiger partial charge in [-0.3, -0.25) is 0 Å². The first-order chi connectivity index (χ1) is 15.2. The standard InChI is InChI=1S/C28H34N2O/c1-20(2)23-14-15-26(31-3)24(18-23)19-30-25-16-17-29-28(25)27(21-10-6-4-7-11-21)22-12-8-5-9-13-22/h4-15,18,20,25,27-30H,16-17,19H2,1-3H3/t25-,28+/m1/s1. The van der Waals surface area contributed by atoms with E-state index < -0.39 is 0 Å². The van der Waals surface area contributed by atoms with Gasteiger partial charge in [0.2, 0.25) is 0 Å². The van der Waals surface area contributed by atoms with E-state index in [4.69, 9.17) is 4.74 Å². The van der Waals surface area contributed by atoms with Crippen LogP contribution < -0.4 is 15.4 Å². The summed E-state index contributed by atoms with van der Waals surface area (Å²) in [5.74, 6) is 1.78. The normalized spacial score (nSPS) is 18.6. The Kier molecular flexibility index (Phi) is 7.06. The third-order valence-electron chi connectivity index (χ3n) is 6.47. The van der Waals surface area contributed by atoms with Crippen molar-refractivity contribution < 1.29 is 4.74 Å². The van der Waals surface area contributed by atoms with E-state index >= 15 is 0 Å². The zero-order valence-electron chi connectivity index (χ0n) is 18.8. The van der Waals surface area contributed by atoms with Gasteiger partial charge in [-0.25, -0.2) is 0 Å². The van der Waals surface area contributed by atoms with Crippen LogP contribution in [0.5, 0.6) is 5.75 Å². The lowest BCUT2D eigenvalue weighted by molar-refractivity contribution is 0.393. The third kappa shape index (κ3) is 5.00. The molecule has 1 fully saturated rings. The summed E-state index contributed by atoms with van der Waals surface area (Å²) in [4.78, 5) is 0. The first-order valence-electron chi connectivity index (χ1n) is 11.4. The van der Waals surface area contributed by atoms with Gasteiger partial charge >= 0.3 is 0 Å². The van der Waals surface area contributed by atoms with Crippen LogP contribution in [0.2, 0.25) is 0 Å². The Balaban J connectivity index is 1.58. The Bertz CT molecular complexity index is 916. The average Bonchev–Trinajstić information content (AvgIpc) is 3.27. The maximum atomic E-state index is 5.65. The lowest BCUT2D eigenvalue weighted by atomic mass is 9.82. The van der Waals surface area contributed by atoms with Crippen molar-refractivity contribution in [2.24, 2.45) is 0 Å². The maximum absolute atomic E-state index is 5.65. The van der Waals surface area contributed by atoms with Crippen LogP contribution >= 0.6 is 0 Å². The Morgan fingerprint density at radius 3 is 2.13 bits per heavy atom. The van der Waals surface area contributed by atoms with Gasteiger partial charge in [0.1, 0.15) is 5.75 Å². The zero-order chi connectivity index (χ0) is 21.6. The predicted molar refractivity (Wildman–Crippen MR) is 129 cm³/mol. The van der Waals surface area contributed by atoms with E-state index in [0.717, 1.165) is 25.3 Å². The van der Waals surface area contributed by atoms with Gasteiger partial charge in [0.05, 0.1) is 7.11 Å². The second-order valence-electron chi connectivity index (χ2n) is 8.78. The maximum Gasteiger partial charge on any atom is 0.123 e. The summed E-state index contributed by atoms with van der Waals surface area (Å²) in [6.07, 6.45) is 1.12. The average molecular weight is 415 g/mol. The molecule has 3 heteroatoms. The highest BCUT2D eigenvalue weighted by molar-refractivity contribution is 5.39. The summed E-state index contributed by atoms with van der Waals surface area (Å²) in [7, 11) is 1.76. The van der Waals surface area contributed by atoms with Gasteiger partial charge in [-0.2, -0.15) is 0 Å². The van der Waals surface area contributed by atoms with E-state index in [2.05, 4.69) is 103 Å². The molecule has 4 rings (SSSR count). The van der Waals surface area contributed by atoms with Crippen LogP contribution in [-0.2, 0) is 6.54 Å². The van der Waals surface area contributed by atoms with Crippen LogP contribution in [0.3, 0.4) is 0 Å². The molecule has 0 aliphatic carbocycles. The van der Waals surface area contributed by atoms with E-state index in [1.54, 1.807) is 7.11 Å². The first kappa shape index (κ1) is 21.6. The van der Waals surface area contributed by atoms with E-state index in [-0.39, 0.29) is 0 Å². The predicted octanol–water partition coefficient (Wildman–Crippen LogP) is 5.47. The molecule has 0 unspecified atom stereocenters. The molecule has 0 bridgehead atoms. The molecule has 2 N–H and O–H groups in total. The molecule has 1 heterocycles. The summed E-state index contributed by atoms with van der Waals surface area (Å²) < 4.78 is 5.65. The lowest BCUT2D eigenvalue weighted by Gasteiger charge is -2.30. The number of nitrogens with one attached hydrogen (secondary N) is 2. The van der Waals surface area contributed by atoms with Gasteiger partial charge in [-0.1, -0.05) is 86.6 Å². The Morgan fingerprint density at radius 2 is 1.55 bits per heavy atom. The number of ether oxygens (including phenoxy) is 1. The second kappa shape index (κ2) is 10.1. The zero-order valence-corrected chi connectivity index (χ0v) is 18.8. The van der Waals surface area contributed by atoms with Crippen LogP contribution in [0.25, 0.3) is 0 Å². The fourth-order valence-electron chi connectivity index (χ4n) is 4.77. The minimum atomic E-state index is 0.311. The van der Waals surface area contributed by atoms with E-state index in [1.807, 2.05) is 0 Å². The topological polar surface area (TPSA) is 33.3 Å². The molecule has 1 aliphatic heterocycles. The minimum Gasteiger partial charge on any atom is -0.496 e. The van der Waals surface area contributed by atoms with Crippen molar-refractivity contribution in [2.75, 3.05) is 13.7 Å². The van der Waals surface area contributed by atoms with E-state index in [1.165, 1.54) is 22.3 Å². The number of hydrogen-bond acceptors (Lipinski definition) is 3. The fourth-order valence-corrected chi connectivity index (χ4v) is 4.77. The summed E-state index contributed by atoms with van der Waals surface area (Å²) in [5, 5.41) is 7.67. The van der Waals surface area contributed by atoms with Crippen LogP contribution in [0.15, 0.2) is 78.9 Å². The molecule has 0 amide bonds. The smallest absolute Gasteiger partial charge is 0.123 e. The molecule has 3 nitrogen and oxygen atoms in total. The minimum absolute atomic E-state index is 0.311. The highest BCUT2D eigenvalue weighted by Crippen LogP contribution is 2.33. The van der Waals surface area contributed by atoms with Crippen molar-refractivity contribution in [3.8, 4) is 5.75 Å². The molecule has 3 aromatic rings. The summed E-state index contributed by atoms with van der Waals surface area (Å²) in [6.45, 7) is 6.31. The third-order valence-corrected chi connectivity index (χ3v) is 6.47. The van der Waals surface area contributed by atoms with Crippen LogP contribution in [0.1, 0.15) is 54.4 Å². The summed E-state index contributed by atoms with van der Waals surface area (Å²) in [5.41, 5.74) is 5.30. The largest absolute Gasteiger partial charge is 0.496 e. The molecule has 3 aromatic carbocycles. The molecule has 0 spiro atoms. The molecule has 1 aliphatic rings. The highest BCUT2D eigenvalue weighted by Gasteiger charge is 2.35. The molecule has 31 heavy (non-hydrogen) atoms. The number of methoxy groups -OCH3 is 1. The van der Waals surface area contributed by atoms with Crippen molar-refractivity contribution in [3.63, 3.8) is 0 Å².